The topological polar surface area (TPSA) is 110 Å². The highest BCUT2D eigenvalue weighted by molar-refractivity contribution is 5.76. The number of nitrogens with zero attached hydrogens (tertiary/aromatic N) is 4. The lowest BCUT2D eigenvalue weighted by atomic mass is 10.0. The quantitative estimate of drug-likeness (QED) is 0.617. The molecule has 0 bridgehead atoms. The molecule has 3 N–H and O–H groups in total. The predicted molar refractivity (Wildman–Crippen MR) is 130 cm³/mol. The Morgan fingerprint density at radius 1 is 0.735 bits per heavy atom. The summed E-state index contributed by atoms with van der Waals surface area (Å²) >= 11 is 0. The molecule has 0 aliphatic carbocycles. The standard InChI is InChI=1S/C24H37N7O3/c1-18(32)26-19-7-14-30(15-8-19)24(34)28-21-9-16-31(17-10-21)23(33)27-20-5-12-29(13-6-20)22-4-2-3-11-25-22/h2-4,11,19-21H,5-10,12-17H2,1H3,(H,26,32)(H,27,33)(H,28,34). The second-order valence-corrected chi connectivity index (χ2v) is 9.57. The van der Waals surface area contributed by atoms with Crippen molar-refractivity contribution in [1.82, 2.24) is 30.7 Å². The van der Waals surface area contributed by atoms with Crippen molar-refractivity contribution in [2.75, 3.05) is 44.2 Å². The second kappa shape index (κ2) is 11.4. The van der Waals surface area contributed by atoms with E-state index < -0.39 is 0 Å². The fourth-order valence-corrected chi connectivity index (χ4v) is 5.07. The van der Waals surface area contributed by atoms with Crippen molar-refractivity contribution in [2.45, 2.75) is 63.6 Å². The molecule has 0 saturated carbocycles. The minimum Gasteiger partial charge on any atom is -0.356 e. The number of aromatic nitrogens is 1. The van der Waals surface area contributed by atoms with Crippen LogP contribution in [0.25, 0.3) is 0 Å². The number of rotatable bonds is 4. The number of likely N-dealkylation sites (tertiary alicyclic amines) is 2. The van der Waals surface area contributed by atoms with Crippen LogP contribution < -0.4 is 20.9 Å². The third kappa shape index (κ3) is 6.51. The van der Waals surface area contributed by atoms with E-state index in [1.807, 2.05) is 34.2 Å². The molecule has 1 aromatic heterocycles. The average Bonchev–Trinajstić information content (AvgIpc) is 2.85. The van der Waals surface area contributed by atoms with Crippen LogP contribution in [0.3, 0.4) is 0 Å². The van der Waals surface area contributed by atoms with Gasteiger partial charge in [-0.15, -0.1) is 0 Å². The predicted octanol–water partition coefficient (Wildman–Crippen LogP) is 1.53. The lowest BCUT2D eigenvalue weighted by Gasteiger charge is -2.37. The maximum Gasteiger partial charge on any atom is 0.317 e. The van der Waals surface area contributed by atoms with Gasteiger partial charge < -0.3 is 30.7 Å². The summed E-state index contributed by atoms with van der Waals surface area (Å²) < 4.78 is 0. The number of carbonyl (C=O) groups excluding carboxylic acids is 3. The van der Waals surface area contributed by atoms with E-state index in [0.717, 1.165) is 57.4 Å². The van der Waals surface area contributed by atoms with Crippen molar-refractivity contribution in [3.8, 4) is 0 Å². The molecule has 0 spiro atoms. The molecule has 4 heterocycles. The monoisotopic (exact) mass is 471 g/mol. The smallest absolute Gasteiger partial charge is 0.317 e. The average molecular weight is 472 g/mol. The summed E-state index contributed by atoms with van der Waals surface area (Å²) in [6.07, 6.45) is 6.73. The molecule has 10 nitrogen and oxygen atoms in total. The van der Waals surface area contributed by atoms with Crippen molar-refractivity contribution in [3.63, 3.8) is 0 Å². The van der Waals surface area contributed by atoms with Gasteiger partial charge in [0.05, 0.1) is 0 Å². The van der Waals surface area contributed by atoms with Gasteiger partial charge in [0.2, 0.25) is 5.91 Å². The Labute approximate surface area is 201 Å². The summed E-state index contributed by atoms with van der Waals surface area (Å²) in [6.45, 7) is 5.89. The van der Waals surface area contributed by atoms with Gasteiger partial charge in [-0.05, 0) is 50.7 Å². The Hall–Kier alpha value is -3.04. The van der Waals surface area contributed by atoms with E-state index in [1.165, 1.54) is 6.92 Å². The number of anilines is 1. The highest BCUT2D eigenvalue weighted by Gasteiger charge is 2.29. The molecule has 0 radical (unpaired) electrons. The molecule has 4 rings (SSSR count). The van der Waals surface area contributed by atoms with Crippen LogP contribution in [-0.2, 0) is 4.79 Å². The number of nitrogens with one attached hydrogen (secondary N) is 3. The van der Waals surface area contributed by atoms with Crippen molar-refractivity contribution in [1.29, 1.82) is 0 Å². The molecule has 3 fully saturated rings. The molecule has 0 atom stereocenters. The summed E-state index contributed by atoms with van der Waals surface area (Å²) in [5.74, 6) is 0.974. The van der Waals surface area contributed by atoms with Crippen LogP contribution in [0.4, 0.5) is 15.4 Å². The van der Waals surface area contributed by atoms with Gasteiger partial charge in [0, 0.05) is 70.5 Å². The summed E-state index contributed by atoms with van der Waals surface area (Å²) in [4.78, 5) is 47.0. The van der Waals surface area contributed by atoms with Crippen molar-refractivity contribution in [3.05, 3.63) is 24.4 Å². The number of urea groups is 2. The number of pyridine rings is 1. The van der Waals surface area contributed by atoms with Gasteiger partial charge in [0.15, 0.2) is 0 Å². The lowest BCUT2D eigenvalue weighted by Crippen LogP contribution is -2.55. The van der Waals surface area contributed by atoms with Crippen molar-refractivity contribution >= 4 is 23.8 Å². The zero-order valence-electron chi connectivity index (χ0n) is 20.0. The minimum atomic E-state index is -0.0381. The zero-order valence-corrected chi connectivity index (χ0v) is 20.0. The number of hydrogen-bond acceptors (Lipinski definition) is 5. The van der Waals surface area contributed by atoms with Gasteiger partial charge in [-0.3, -0.25) is 4.79 Å². The van der Waals surface area contributed by atoms with Crippen LogP contribution in [0, 0.1) is 0 Å². The molecule has 1 aromatic rings. The van der Waals surface area contributed by atoms with Crippen LogP contribution in [0.2, 0.25) is 0 Å². The zero-order chi connectivity index (χ0) is 23.9. The van der Waals surface area contributed by atoms with Gasteiger partial charge in [0.1, 0.15) is 5.82 Å². The van der Waals surface area contributed by atoms with E-state index in [4.69, 9.17) is 0 Å². The van der Waals surface area contributed by atoms with Crippen LogP contribution in [0.1, 0.15) is 45.4 Å². The van der Waals surface area contributed by atoms with Crippen LogP contribution >= 0.6 is 0 Å². The first-order valence-corrected chi connectivity index (χ1v) is 12.5. The molecule has 0 aromatic carbocycles. The van der Waals surface area contributed by atoms with Gasteiger partial charge in [-0.1, -0.05) is 6.07 Å². The fourth-order valence-electron chi connectivity index (χ4n) is 5.07. The molecule has 3 aliphatic heterocycles. The van der Waals surface area contributed by atoms with Crippen LogP contribution in [-0.4, -0.2) is 90.1 Å². The SMILES string of the molecule is CC(=O)NC1CCN(C(=O)NC2CCN(C(=O)NC3CCN(c4ccccn4)CC3)CC2)CC1. The molecule has 5 amide bonds. The number of hydrogen-bond donors (Lipinski definition) is 3. The van der Waals surface area contributed by atoms with E-state index in [0.29, 0.717) is 26.2 Å². The highest BCUT2D eigenvalue weighted by Crippen LogP contribution is 2.18. The third-order valence-electron chi connectivity index (χ3n) is 7.10. The highest BCUT2D eigenvalue weighted by atomic mass is 16.2. The van der Waals surface area contributed by atoms with E-state index in [1.54, 1.807) is 0 Å². The second-order valence-electron chi connectivity index (χ2n) is 9.57. The Morgan fingerprint density at radius 3 is 1.65 bits per heavy atom. The van der Waals surface area contributed by atoms with Gasteiger partial charge in [0.25, 0.3) is 0 Å². The van der Waals surface area contributed by atoms with E-state index >= 15 is 0 Å². The number of piperidine rings is 3. The first kappa shape index (κ1) is 24.1. The van der Waals surface area contributed by atoms with E-state index in [2.05, 4.69) is 25.8 Å². The Kier molecular flexibility index (Phi) is 8.08. The normalized spacial score (nSPS) is 20.7. The van der Waals surface area contributed by atoms with E-state index in [-0.39, 0.29) is 36.1 Å². The maximum absolute atomic E-state index is 12.8. The molecule has 10 heteroatoms. The first-order valence-electron chi connectivity index (χ1n) is 12.5. The molecule has 3 saturated heterocycles. The molecule has 3 aliphatic rings. The lowest BCUT2D eigenvalue weighted by molar-refractivity contribution is -0.119. The third-order valence-corrected chi connectivity index (χ3v) is 7.10. The van der Waals surface area contributed by atoms with E-state index in [9.17, 15) is 14.4 Å². The van der Waals surface area contributed by atoms with Gasteiger partial charge in [-0.25, -0.2) is 14.6 Å². The summed E-state index contributed by atoms with van der Waals surface area (Å²) in [5, 5.41) is 9.27. The molecular formula is C24H37N7O3. The summed E-state index contributed by atoms with van der Waals surface area (Å²) in [7, 11) is 0. The van der Waals surface area contributed by atoms with Crippen LogP contribution in [0.15, 0.2) is 24.4 Å². The molecular weight excluding hydrogens is 434 g/mol. The van der Waals surface area contributed by atoms with Gasteiger partial charge >= 0.3 is 12.1 Å². The Balaban J connectivity index is 1.13. The molecule has 186 valence electrons. The van der Waals surface area contributed by atoms with Crippen molar-refractivity contribution < 1.29 is 14.4 Å². The summed E-state index contributed by atoms with van der Waals surface area (Å²) in [6, 6.07) is 6.34. The van der Waals surface area contributed by atoms with Crippen molar-refractivity contribution in [2.24, 2.45) is 0 Å². The summed E-state index contributed by atoms with van der Waals surface area (Å²) in [5.41, 5.74) is 0. The largest absolute Gasteiger partial charge is 0.356 e. The minimum absolute atomic E-state index is 0.00102. The molecule has 0 unspecified atom stereocenters. The number of carbonyl (C=O) groups is 3. The molecule has 34 heavy (non-hydrogen) atoms. The van der Waals surface area contributed by atoms with Gasteiger partial charge in [-0.2, -0.15) is 0 Å². The Morgan fingerprint density at radius 2 is 1.21 bits per heavy atom. The van der Waals surface area contributed by atoms with Crippen LogP contribution in [0.5, 0.6) is 0 Å². The Bertz CT molecular complexity index is 828. The first-order chi connectivity index (χ1) is 16.5. The fraction of sp³-hybridized carbons (Fsp3) is 0.667. The number of amides is 5. The maximum atomic E-state index is 12.8.